The van der Waals surface area contributed by atoms with Crippen LogP contribution in [0.25, 0.3) is 0 Å². The van der Waals surface area contributed by atoms with Crippen LogP contribution in [0.3, 0.4) is 0 Å². The number of pyridine rings is 1. The summed E-state index contributed by atoms with van der Waals surface area (Å²) >= 11 is 0. The lowest BCUT2D eigenvalue weighted by atomic mass is 10.0. The van der Waals surface area contributed by atoms with Crippen LogP contribution in [-0.2, 0) is 0 Å². The summed E-state index contributed by atoms with van der Waals surface area (Å²) in [6.07, 6.45) is 2.53. The van der Waals surface area contributed by atoms with Gasteiger partial charge in [-0.3, -0.25) is 0 Å². The lowest BCUT2D eigenvalue weighted by Gasteiger charge is -2.28. The summed E-state index contributed by atoms with van der Waals surface area (Å²) in [7, 11) is 1.91. The molecule has 1 aromatic heterocycles. The van der Waals surface area contributed by atoms with Gasteiger partial charge in [-0.25, -0.2) is 9.78 Å². The molecule has 0 fully saturated rings. The number of carboxylic acid groups (broad SMARTS) is 1. The minimum Gasteiger partial charge on any atom is -0.476 e. The Morgan fingerprint density at radius 2 is 2.12 bits per heavy atom. The minimum absolute atomic E-state index is 0.116. The summed E-state index contributed by atoms with van der Waals surface area (Å²) in [6.45, 7) is 6.41. The van der Waals surface area contributed by atoms with Gasteiger partial charge in [-0.1, -0.05) is 13.8 Å². The van der Waals surface area contributed by atoms with Crippen LogP contribution in [0, 0.1) is 5.92 Å². The third kappa shape index (κ3) is 3.44. The van der Waals surface area contributed by atoms with Crippen molar-refractivity contribution in [1.29, 1.82) is 0 Å². The van der Waals surface area contributed by atoms with Gasteiger partial charge in [0.15, 0.2) is 5.69 Å². The molecule has 0 aliphatic heterocycles. The first-order valence-corrected chi connectivity index (χ1v) is 5.84. The van der Waals surface area contributed by atoms with Gasteiger partial charge in [0, 0.05) is 19.3 Å². The highest BCUT2D eigenvalue weighted by molar-refractivity contribution is 5.92. The predicted molar refractivity (Wildman–Crippen MR) is 68.5 cm³/mol. The van der Waals surface area contributed by atoms with Crippen molar-refractivity contribution in [3.8, 4) is 0 Å². The fourth-order valence-electron chi connectivity index (χ4n) is 1.92. The Hall–Kier alpha value is -1.58. The summed E-state index contributed by atoms with van der Waals surface area (Å²) in [6, 6.07) is 3.85. The Labute approximate surface area is 102 Å². The molecule has 1 rings (SSSR count). The maximum atomic E-state index is 11.1. The minimum atomic E-state index is -0.982. The molecule has 0 spiro atoms. The number of aromatic nitrogens is 1. The van der Waals surface area contributed by atoms with Gasteiger partial charge in [0.2, 0.25) is 0 Å². The first-order chi connectivity index (χ1) is 7.93. The van der Waals surface area contributed by atoms with Gasteiger partial charge in [-0.15, -0.1) is 0 Å². The van der Waals surface area contributed by atoms with Crippen molar-refractivity contribution < 1.29 is 9.90 Å². The summed E-state index contributed by atoms with van der Waals surface area (Å²) in [5, 5.41) is 9.09. The zero-order valence-corrected chi connectivity index (χ0v) is 10.8. The molecule has 17 heavy (non-hydrogen) atoms. The van der Waals surface area contributed by atoms with E-state index in [4.69, 9.17) is 5.11 Å². The van der Waals surface area contributed by atoms with Gasteiger partial charge in [0.25, 0.3) is 0 Å². The smallest absolute Gasteiger partial charge is 0.356 e. The number of carboxylic acids is 1. The standard InChI is InChI=1S/C13H20N2O2/c1-9(2)8-10(3)15(4)11-6-5-7-14-12(11)13(16)17/h5-7,9-10H,8H2,1-4H3,(H,16,17). The number of anilines is 1. The Morgan fingerprint density at radius 3 is 2.65 bits per heavy atom. The van der Waals surface area contributed by atoms with Crippen LogP contribution in [-0.4, -0.2) is 29.1 Å². The molecule has 0 radical (unpaired) electrons. The summed E-state index contributed by atoms with van der Waals surface area (Å²) < 4.78 is 0. The highest BCUT2D eigenvalue weighted by Crippen LogP contribution is 2.21. The average molecular weight is 236 g/mol. The average Bonchev–Trinajstić information content (AvgIpc) is 2.27. The normalized spacial score (nSPS) is 12.5. The molecule has 1 aromatic rings. The second-order valence-corrected chi connectivity index (χ2v) is 4.77. The van der Waals surface area contributed by atoms with Gasteiger partial charge in [-0.2, -0.15) is 0 Å². The molecular weight excluding hydrogens is 216 g/mol. The highest BCUT2D eigenvalue weighted by atomic mass is 16.4. The number of hydrogen-bond acceptors (Lipinski definition) is 3. The Balaban J connectivity index is 2.95. The summed E-state index contributed by atoms with van der Waals surface area (Å²) in [4.78, 5) is 17.0. The van der Waals surface area contributed by atoms with Crippen LogP contribution in [0.5, 0.6) is 0 Å². The molecule has 0 aromatic carbocycles. The van der Waals surface area contributed by atoms with Crippen LogP contribution in [0.1, 0.15) is 37.7 Å². The van der Waals surface area contributed by atoms with Crippen LogP contribution < -0.4 is 4.90 Å². The van der Waals surface area contributed by atoms with E-state index in [1.807, 2.05) is 11.9 Å². The number of rotatable bonds is 5. The van der Waals surface area contributed by atoms with Gasteiger partial charge in [-0.05, 0) is 31.4 Å². The van der Waals surface area contributed by atoms with E-state index >= 15 is 0 Å². The molecule has 0 aliphatic carbocycles. The van der Waals surface area contributed by atoms with Crippen molar-refractivity contribution in [2.75, 3.05) is 11.9 Å². The van der Waals surface area contributed by atoms with E-state index in [9.17, 15) is 4.79 Å². The van der Waals surface area contributed by atoms with Crippen LogP contribution >= 0.6 is 0 Å². The maximum absolute atomic E-state index is 11.1. The SMILES string of the molecule is CC(C)CC(C)N(C)c1cccnc1C(=O)O. The zero-order valence-electron chi connectivity index (χ0n) is 10.8. The van der Waals surface area contributed by atoms with Gasteiger partial charge >= 0.3 is 5.97 Å². The van der Waals surface area contributed by atoms with E-state index < -0.39 is 5.97 Å². The summed E-state index contributed by atoms with van der Waals surface area (Å²) in [5.74, 6) is -0.401. The number of carbonyl (C=O) groups is 1. The molecule has 1 atom stereocenters. The van der Waals surface area contributed by atoms with Crippen molar-refractivity contribution in [3.63, 3.8) is 0 Å². The molecule has 0 bridgehead atoms. The topological polar surface area (TPSA) is 53.4 Å². The van der Waals surface area contributed by atoms with Gasteiger partial charge in [0.1, 0.15) is 0 Å². The number of nitrogens with zero attached hydrogens (tertiary/aromatic N) is 2. The first-order valence-electron chi connectivity index (χ1n) is 5.84. The van der Waals surface area contributed by atoms with Crippen molar-refractivity contribution >= 4 is 11.7 Å². The first kappa shape index (κ1) is 13.5. The van der Waals surface area contributed by atoms with Crippen LogP contribution in [0.15, 0.2) is 18.3 Å². The zero-order chi connectivity index (χ0) is 13.0. The largest absolute Gasteiger partial charge is 0.476 e. The van der Waals surface area contributed by atoms with Crippen LogP contribution in [0.2, 0.25) is 0 Å². The highest BCUT2D eigenvalue weighted by Gasteiger charge is 2.18. The van der Waals surface area contributed by atoms with Crippen molar-refractivity contribution in [2.45, 2.75) is 33.2 Å². The maximum Gasteiger partial charge on any atom is 0.356 e. The molecule has 0 amide bonds. The van der Waals surface area contributed by atoms with Crippen molar-refractivity contribution in [2.24, 2.45) is 5.92 Å². The van der Waals surface area contributed by atoms with E-state index in [1.165, 1.54) is 6.20 Å². The summed E-state index contributed by atoms with van der Waals surface area (Å²) in [5.41, 5.74) is 0.791. The fraction of sp³-hybridized carbons (Fsp3) is 0.538. The third-order valence-electron chi connectivity index (χ3n) is 2.84. The molecule has 94 valence electrons. The molecule has 4 heteroatoms. The molecule has 4 nitrogen and oxygen atoms in total. The van der Waals surface area contributed by atoms with E-state index in [0.717, 1.165) is 6.42 Å². The molecule has 1 unspecified atom stereocenters. The third-order valence-corrected chi connectivity index (χ3v) is 2.84. The lowest BCUT2D eigenvalue weighted by molar-refractivity contribution is 0.0691. The molecular formula is C13H20N2O2. The molecule has 0 saturated heterocycles. The Morgan fingerprint density at radius 1 is 1.47 bits per heavy atom. The fourth-order valence-corrected chi connectivity index (χ4v) is 1.92. The monoisotopic (exact) mass is 236 g/mol. The second-order valence-electron chi connectivity index (χ2n) is 4.77. The van der Waals surface area contributed by atoms with Crippen molar-refractivity contribution in [1.82, 2.24) is 4.98 Å². The van der Waals surface area contributed by atoms with Crippen molar-refractivity contribution in [3.05, 3.63) is 24.0 Å². The second kappa shape index (κ2) is 5.66. The quantitative estimate of drug-likeness (QED) is 0.854. The lowest BCUT2D eigenvalue weighted by Crippen LogP contribution is -2.31. The van der Waals surface area contributed by atoms with Gasteiger partial charge < -0.3 is 10.0 Å². The number of aromatic carboxylic acids is 1. The van der Waals surface area contributed by atoms with E-state index in [0.29, 0.717) is 11.6 Å². The van der Waals surface area contributed by atoms with E-state index in [2.05, 4.69) is 25.8 Å². The predicted octanol–water partition coefficient (Wildman–Crippen LogP) is 2.65. The molecule has 1 N–H and O–H groups in total. The van der Waals surface area contributed by atoms with E-state index in [1.54, 1.807) is 12.1 Å². The van der Waals surface area contributed by atoms with E-state index in [-0.39, 0.29) is 11.7 Å². The molecule has 0 saturated carbocycles. The number of hydrogen-bond donors (Lipinski definition) is 1. The van der Waals surface area contributed by atoms with Gasteiger partial charge in [0.05, 0.1) is 5.69 Å². The Kier molecular flexibility index (Phi) is 4.49. The molecule has 1 heterocycles. The van der Waals surface area contributed by atoms with Crippen LogP contribution in [0.4, 0.5) is 5.69 Å². The Bertz CT molecular complexity index is 391. The molecule has 0 aliphatic rings.